The van der Waals surface area contributed by atoms with Crippen molar-refractivity contribution in [1.29, 1.82) is 0 Å². The molecule has 0 fully saturated rings. The zero-order chi connectivity index (χ0) is 10.9. The number of rotatable bonds is 4. The van der Waals surface area contributed by atoms with Crippen LogP contribution in [-0.2, 0) is 0 Å². The van der Waals surface area contributed by atoms with Crippen molar-refractivity contribution in [3.8, 4) is 0 Å². The van der Waals surface area contributed by atoms with Gasteiger partial charge in [0.1, 0.15) is 0 Å². The van der Waals surface area contributed by atoms with Crippen molar-refractivity contribution in [3.05, 3.63) is 0 Å². The highest BCUT2D eigenvalue weighted by molar-refractivity contribution is 4.88. The number of hydrogen-bond donors (Lipinski definition) is 2. The molecule has 0 aromatic carbocycles. The van der Waals surface area contributed by atoms with E-state index >= 15 is 0 Å². The van der Waals surface area contributed by atoms with E-state index in [9.17, 15) is 5.11 Å². The normalized spacial score (nSPS) is 16.4. The van der Waals surface area contributed by atoms with E-state index in [1.165, 1.54) is 0 Å². The second-order valence-electron chi connectivity index (χ2n) is 5.69. The molecule has 0 heterocycles. The summed E-state index contributed by atoms with van der Waals surface area (Å²) in [6, 6.07) is 0. The van der Waals surface area contributed by atoms with Crippen LogP contribution in [-0.4, -0.2) is 16.2 Å². The quantitative estimate of drug-likeness (QED) is 0.708. The van der Waals surface area contributed by atoms with Crippen molar-refractivity contribution in [2.24, 2.45) is 17.6 Å². The first-order valence-corrected chi connectivity index (χ1v) is 5.05. The summed E-state index contributed by atoms with van der Waals surface area (Å²) in [6.45, 7) is 12.1. The Hall–Kier alpha value is -0.0800. The predicted octanol–water partition coefficient (Wildman–Crippen LogP) is 2.16. The molecule has 80 valence electrons. The van der Waals surface area contributed by atoms with Crippen LogP contribution in [0.4, 0.5) is 0 Å². The third-order valence-electron chi connectivity index (χ3n) is 2.48. The minimum atomic E-state index is -0.619. The Morgan fingerprint density at radius 2 is 1.54 bits per heavy atom. The van der Waals surface area contributed by atoms with Gasteiger partial charge < -0.3 is 10.8 Å². The molecular weight excluding hydrogens is 162 g/mol. The Morgan fingerprint density at radius 3 is 1.62 bits per heavy atom. The van der Waals surface area contributed by atoms with Crippen molar-refractivity contribution >= 4 is 0 Å². The molecular formula is C11H25NO. The third-order valence-corrected chi connectivity index (χ3v) is 2.48. The molecule has 0 aliphatic rings. The van der Waals surface area contributed by atoms with Gasteiger partial charge in [0.2, 0.25) is 0 Å². The van der Waals surface area contributed by atoms with Crippen molar-refractivity contribution in [3.63, 3.8) is 0 Å². The summed E-state index contributed by atoms with van der Waals surface area (Å²) in [4.78, 5) is 0. The van der Waals surface area contributed by atoms with Crippen molar-refractivity contribution < 1.29 is 5.11 Å². The summed E-state index contributed by atoms with van der Waals surface area (Å²) in [5.41, 5.74) is 5.24. The zero-order valence-electron chi connectivity index (χ0n) is 9.89. The van der Waals surface area contributed by atoms with E-state index in [0.717, 1.165) is 6.42 Å². The van der Waals surface area contributed by atoms with E-state index in [2.05, 4.69) is 13.8 Å². The zero-order valence-corrected chi connectivity index (χ0v) is 9.89. The molecule has 0 spiro atoms. The minimum absolute atomic E-state index is 0.214. The van der Waals surface area contributed by atoms with Crippen LogP contribution in [0.1, 0.15) is 48.0 Å². The Balaban J connectivity index is 4.47. The molecule has 0 unspecified atom stereocenters. The van der Waals surface area contributed by atoms with E-state index in [4.69, 9.17) is 5.73 Å². The summed E-state index contributed by atoms with van der Waals surface area (Å²) in [6.07, 6.45) is 0.758. The van der Waals surface area contributed by atoms with Crippen molar-refractivity contribution in [2.45, 2.75) is 59.1 Å². The lowest BCUT2D eigenvalue weighted by molar-refractivity contribution is 0.0281. The molecule has 2 heteroatoms. The molecule has 0 radical (unpaired) electrons. The lowest BCUT2D eigenvalue weighted by Crippen LogP contribution is -2.46. The fraction of sp³-hybridized carbons (Fsp3) is 1.00. The first-order valence-electron chi connectivity index (χ1n) is 5.05. The van der Waals surface area contributed by atoms with E-state index in [0.29, 0.717) is 11.8 Å². The highest BCUT2D eigenvalue weighted by atomic mass is 16.3. The number of aliphatic hydroxyl groups is 1. The van der Waals surface area contributed by atoms with Crippen LogP contribution >= 0.6 is 0 Å². The smallest absolute Gasteiger partial charge is 0.0595 e. The summed E-state index contributed by atoms with van der Waals surface area (Å²) >= 11 is 0. The molecule has 0 aliphatic heterocycles. The molecule has 0 aromatic heterocycles. The monoisotopic (exact) mass is 187 g/mol. The lowest BCUT2D eigenvalue weighted by atomic mass is 9.74. The SMILES string of the molecule is CC(C)[C@@H](CC(C)(C)O)C(C)(C)N. The topological polar surface area (TPSA) is 46.2 Å². The molecule has 0 saturated heterocycles. The third kappa shape index (κ3) is 5.27. The summed E-state index contributed by atoms with van der Waals surface area (Å²) in [7, 11) is 0. The van der Waals surface area contributed by atoms with Gasteiger partial charge in [0.05, 0.1) is 5.60 Å². The molecule has 0 bridgehead atoms. The first kappa shape index (κ1) is 12.9. The highest BCUT2D eigenvalue weighted by Gasteiger charge is 2.32. The van der Waals surface area contributed by atoms with Gasteiger partial charge in [0.15, 0.2) is 0 Å². The molecule has 0 aromatic rings. The first-order chi connectivity index (χ1) is 5.54. The van der Waals surface area contributed by atoms with Gasteiger partial charge >= 0.3 is 0 Å². The Bertz CT molecular complexity index is 150. The average Bonchev–Trinajstić information content (AvgIpc) is 1.77. The second kappa shape index (κ2) is 3.97. The van der Waals surface area contributed by atoms with Gasteiger partial charge in [-0.05, 0) is 46.0 Å². The Kier molecular flexibility index (Phi) is 3.95. The molecule has 0 saturated carbocycles. The van der Waals surface area contributed by atoms with Crippen molar-refractivity contribution in [1.82, 2.24) is 0 Å². The van der Waals surface area contributed by atoms with Crippen LogP contribution in [0.2, 0.25) is 0 Å². The van der Waals surface area contributed by atoms with E-state index in [1.807, 2.05) is 27.7 Å². The van der Waals surface area contributed by atoms with Crippen LogP contribution in [0.15, 0.2) is 0 Å². The summed E-state index contributed by atoms with van der Waals surface area (Å²) in [5, 5.41) is 9.74. The predicted molar refractivity (Wildman–Crippen MR) is 57.5 cm³/mol. The minimum Gasteiger partial charge on any atom is -0.390 e. The molecule has 3 N–H and O–H groups in total. The fourth-order valence-corrected chi connectivity index (χ4v) is 1.90. The van der Waals surface area contributed by atoms with Crippen LogP contribution < -0.4 is 5.73 Å². The standard InChI is InChI=1S/C11H25NO/c1-8(2)9(11(5,6)12)7-10(3,4)13/h8-9,13H,7,12H2,1-6H3/t9-/m1/s1. The van der Waals surface area contributed by atoms with E-state index in [1.54, 1.807) is 0 Å². The second-order valence-corrected chi connectivity index (χ2v) is 5.69. The average molecular weight is 187 g/mol. The van der Waals surface area contributed by atoms with Crippen LogP contribution in [0.5, 0.6) is 0 Å². The largest absolute Gasteiger partial charge is 0.390 e. The number of nitrogens with two attached hydrogens (primary N) is 1. The van der Waals surface area contributed by atoms with E-state index < -0.39 is 5.60 Å². The van der Waals surface area contributed by atoms with Crippen LogP contribution in [0, 0.1) is 11.8 Å². The molecule has 2 nitrogen and oxygen atoms in total. The van der Waals surface area contributed by atoms with Gasteiger partial charge in [-0.1, -0.05) is 13.8 Å². The Morgan fingerprint density at radius 1 is 1.15 bits per heavy atom. The van der Waals surface area contributed by atoms with Gasteiger partial charge in [0, 0.05) is 5.54 Å². The maximum Gasteiger partial charge on any atom is 0.0595 e. The van der Waals surface area contributed by atoms with Gasteiger partial charge in [0.25, 0.3) is 0 Å². The van der Waals surface area contributed by atoms with Crippen LogP contribution in [0.25, 0.3) is 0 Å². The molecule has 1 atom stereocenters. The molecule has 0 amide bonds. The Labute approximate surface area is 82.5 Å². The maximum atomic E-state index is 9.74. The summed E-state index contributed by atoms with van der Waals surface area (Å²) < 4.78 is 0. The van der Waals surface area contributed by atoms with Gasteiger partial charge in [-0.25, -0.2) is 0 Å². The molecule has 0 aliphatic carbocycles. The lowest BCUT2D eigenvalue weighted by Gasteiger charge is -2.37. The van der Waals surface area contributed by atoms with Gasteiger partial charge in [-0.3, -0.25) is 0 Å². The maximum absolute atomic E-state index is 9.74. The summed E-state index contributed by atoms with van der Waals surface area (Å²) in [5.74, 6) is 0.860. The van der Waals surface area contributed by atoms with Gasteiger partial charge in [-0.15, -0.1) is 0 Å². The fourth-order valence-electron chi connectivity index (χ4n) is 1.90. The van der Waals surface area contributed by atoms with E-state index in [-0.39, 0.29) is 5.54 Å². The molecule has 0 rings (SSSR count). The van der Waals surface area contributed by atoms with Crippen molar-refractivity contribution in [2.75, 3.05) is 0 Å². The van der Waals surface area contributed by atoms with Gasteiger partial charge in [-0.2, -0.15) is 0 Å². The molecule has 13 heavy (non-hydrogen) atoms. The van der Waals surface area contributed by atoms with Crippen LogP contribution in [0.3, 0.4) is 0 Å². The highest BCUT2D eigenvalue weighted by Crippen LogP contribution is 2.30. The number of hydrogen-bond acceptors (Lipinski definition) is 2.